The fraction of sp³-hybridized carbons (Fsp3) is 0.185. The van der Waals surface area contributed by atoms with Crippen LogP contribution in [0.3, 0.4) is 0 Å². The minimum Gasteiger partial charge on any atom is -0.507 e. The van der Waals surface area contributed by atoms with Gasteiger partial charge in [-0.25, -0.2) is 4.39 Å². The number of aliphatic hydroxyl groups excluding tert-OH is 1. The molecule has 0 saturated carbocycles. The smallest absolute Gasteiger partial charge is 0.416 e. The molecule has 0 radical (unpaired) electrons. The van der Waals surface area contributed by atoms with Crippen molar-refractivity contribution in [3.05, 3.63) is 101 Å². The number of anilines is 1. The number of benzene rings is 3. The summed E-state index contributed by atoms with van der Waals surface area (Å²) in [6, 6.07) is 13.7. The molecular weight excluding hydrogens is 478 g/mol. The molecule has 0 bridgehead atoms. The summed E-state index contributed by atoms with van der Waals surface area (Å²) in [5.74, 6) is -3.00. The highest BCUT2D eigenvalue weighted by Gasteiger charge is 2.48. The fourth-order valence-electron chi connectivity index (χ4n) is 4.02. The average molecular weight is 499 g/mol. The molecule has 0 aliphatic carbocycles. The monoisotopic (exact) mass is 499 g/mol. The third-order valence-corrected chi connectivity index (χ3v) is 5.62. The van der Waals surface area contributed by atoms with Gasteiger partial charge in [-0.3, -0.25) is 14.5 Å². The van der Waals surface area contributed by atoms with Crippen molar-refractivity contribution in [2.75, 3.05) is 4.90 Å². The van der Waals surface area contributed by atoms with Crippen molar-refractivity contribution in [1.29, 1.82) is 0 Å². The number of hydrogen-bond donors (Lipinski definition) is 1. The van der Waals surface area contributed by atoms with Crippen LogP contribution in [0.4, 0.5) is 23.2 Å². The van der Waals surface area contributed by atoms with Crippen molar-refractivity contribution < 1.29 is 37.0 Å². The molecule has 1 unspecified atom stereocenters. The van der Waals surface area contributed by atoms with E-state index in [1.807, 2.05) is 13.8 Å². The van der Waals surface area contributed by atoms with Crippen LogP contribution in [-0.4, -0.2) is 22.9 Å². The number of hydrogen-bond acceptors (Lipinski definition) is 4. The molecule has 1 amide bonds. The maximum Gasteiger partial charge on any atom is 0.416 e. The van der Waals surface area contributed by atoms with E-state index in [1.54, 1.807) is 12.1 Å². The van der Waals surface area contributed by atoms with E-state index in [1.165, 1.54) is 30.3 Å². The zero-order valence-electron chi connectivity index (χ0n) is 19.2. The van der Waals surface area contributed by atoms with Crippen molar-refractivity contribution >= 4 is 23.1 Å². The lowest BCUT2D eigenvalue weighted by molar-refractivity contribution is -0.137. The van der Waals surface area contributed by atoms with Gasteiger partial charge in [0, 0.05) is 16.8 Å². The highest BCUT2D eigenvalue weighted by atomic mass is 19.4. The second-order valence-electron chi connectivity index (χ2n) is 8.43. The summed E-state index contributed by atoms with van der Waals surface area (Å²) in [6.45, 7) is 3.68. The SMILES string of the molecule is CC(C)Oc1ccc(/C(O)=C2\C(=O)C(=O)N(c3ccc(C(F)(F)F)cc3)C2c2ccccc2F)cc1. The molecular formula is C27H21F4NO4. The number of ether oxygens (including phenoxy) is 1. The van der Waals surface area contributed by atoms with Crippen LogP contribution < -0.4 is 9.64 Å². The van der Waals surface area contributed by atoms with E-state index in [0.717, 1.165) is 35.2 Å². The molecule has 36 heavy (non-hydrogen) atoms. The van der Waals surface area contributed by atoms with E-state index < -0.39 is 41.0 Å². The van der Waals surface area contributed by atoms with Gasteiger partial charge in [-0.15, -0.1) is 0 Å². The molecule has 4 rings (SSSR count). The summed E-state index contributed by atoms with van der Waals surface area (Å²) in [5, 5.41) is 11.1. The Labute approximate surface area is 204 Å². The second-order valence-corrected chi connectivity index (χ2v) is 8.43. The number of amides is 1. The normalized spacial score (nSPS) is 17.6. The van der Waals surface area contributed by atoms with Crippen LogP contribution in [0.25, 0.3) is 5.76 Å². The topological polar surface area (TPSA) is 66.8 Å². The van der Waals surface area contributed by atoms with Gasteiger partial charge < -0.3 is 9.84 Å². The van der Waals surface area contributed by atoms with E-state index in [9.17, 15) is 32.3 Å². The van der Waals surface area contributed by atoms with Crippen LogP contribution in [0.2, 0.25) is 0 Å². The summed E-state index contributed by atoms with van der Waals surface area (Å²) in [5.41, 5.74) is -1.31. The Morgan fingerprint density at radius 3 is 2.11 bits per heavy atom. The number of aliphatic hydroxyl groups is 1. The van der Waals surface area contributed by atoms with E-state index in [0.29, 0.717) is 5.75 Å². The summed E-state index contributed by atoms with van der Waals surface area (Å²) in [4.78, 5) is 27.1. The van der Waals surface area contributed by atoms with Gasteiger partial charge >= 0.3 is 6.18 Å². The number of ketones is 1. The Balaban J connectivity index is 1.86. The largest absolute Gasteiger partial charge is 0.507 e. The molecule has 3 aromatic carbocycles. The third-order valence-electron chi connectivity index (χ3n) is 5.62. The summed E-state index contributed by atoms with van der Waals surface area (Å²) in [7, 11) is 0. The lowest BCUT2D eigenvalue weighted by Crippen LogP contribution is -2.30. The molecule has 186 valence electrons. The number of Topliss-reactive ketones (excluding diaryl/α,β-unsaturated/α-hetero) is 1. The van der Waals surface area contributed by atoms with Gasteiger partial charge in [-0.2, -0.15) is 13.2 Å². The molecule has 0 aromatic heterocycles. The van der Waals surface area contributed by atoms with Crippen LogP contribution in [0, 0.1) is 5.82 Å². The van der Waals surface area contributed by atoms with Crippen LogP contribution in [-0.2, 0) is 15.8 Å². The molecule has 1 heterocycles. The van der Waals surface area contributed by atoms with Crippen LogP contribution in [0.15, 0.2) is 78.4 Å². The number of rotatable bonds is 5. The van der Waals surface area contributed by atoms with Crippen molar-refractivity contribution in [2.24, 2.45) is 0 Å². The van der Waals surface area contributed by atoms with Crippen molar-refractivity contribution in [2.45, 2.75) is 32.2 Å². The Hall–Kier alpha value is -4.14. The van der Waals surface area contributed by atoms with Crippen molar-refractivity contribution in [3.8, 4) is 5.75 Å². The first-order valence-corrected chi connectivity index (χ1v) is 11.0. The zero-order chi connectivity index (χ0) is 26.2. The Morgan fingerprint density at radius 1 is 0.944 bits per heavy atom. The quantitative estimate of drug-likeness (QED) is 0.195. The molecule has 0 spiro atoms. The average Bonchev–Trinajstić information content (AvgIpc) is 3.09. The maximum absolute atomic E-state index is 14.9. The first-order chi connectivity index (χ1) is 17.0. The first kappa shape index (κ1) is 25.0. The third kappa shape index (κ3) is 4.68. The van der Waals surface area contributed by atoms with Gasteiger partial charge in [0.2, 0.25) is 0 Å². The van der Waals surface area contributed by atoms with E-state index in [2.05, 4.69) is 0 Å². The molecule has 1 fully saturated rings. The van der Waals surface area contributed by atoms with E-state index in [-0.39, 0.29) is 28.5 Å². The van der Waals surface area contributed by atoms with Crippen LogP contribution in [0.1, 0.15) is 36.6 Å². The van der Waals surface area contributed by atoms with E-state index >= 15 is 0 Å². The second kappa shape index (κ2) is 9.49. The summed E-state index contributed by atoms with van der Waals surface area (Å²) in [6.07, 6.45) is -4.71. The van der Waals surface area contributed by atoms with Crippen LogP contribution in [0.5, 0.6) is 5.75 Å². The summed E-state index contributed by atoms with van der Waals surface area (Å²) >= 11 is 0. The molecule has 5 nitrogen and oxygen atoms in total. The number of alkyl halides is 3. The Kier molecular flexibility index (Phi) is 6.58. The fourth-order valence-corrected chi connectivity index (χ4v) is 4.02. The Bertz CT molecular complexity index is 1330. The summed E-state index contributed by atoms with van der Waals surface area (Å²) < 4.78 is 59.6. The maximum atomic E-state index is 14.9. The van der Waals surface area contributed by atoms with Gasteiger partial charge in [0.15, 0.2) is 0 Å². The minimum atomic E-state index is -4.61. The predicted molar refractivity (Wildman–Crippen MR) is 125 cm³/mol. The van der Waals surface area contributed by atoms with E-state index in [4.69, 9.17) is 4.74 Å². The lowest BCUT2D eigenvalue weighted by Gasteiger charge is -2.26. The molecule has 1 aliphatic heterocycles. The predicted octanol–water partition coefficient (Wildman–Crippen LogP) is 6.26. The van der Waals surface area contributed by atoms with Gasteiger partial charge in [0.1, 0.15) is 17.3 Å². The molecule has 3 aromatic rings. The zero-order valence-corrected chi connectivity index (χ0v) is 19.2. The lowest BCUT2D eigenvalue weighted by atomic mass is 9.94. The standard InChI is InChI=1S/C27H21F4NO4/c1-15(2)36-19-13-7-16(8-14-19)24(33)22-23(20-5-3-4-6-21(20)28)32(26(35)25(22)34)18-11-9-17(10-12-18)27(29,30)31/h3-15,23,33H,1-2H3/b24-22+. The number of nitrogens with zero attached hydrogens (tertiary/aromatic N) is 1. The van der Waals surface area contributed by atoms with Gasteiger partial charge in [0.05, 0.1) is 23.3 Å². The highest BCUT2D eigenvalue weighted by Crippen LogP contribution is 2.43. The first-order valence-electron chi connectivity index (χ1n) is 11.0. The number of carbonyl (C=O) groups excluding carboxylic acids is 2. The van der Waals surface area contributed by atoms with Gasteiger partial charge in [0.25, 0.3) is 11.7 Å². The van der Waals surface area contributed by atoms with Crippen LogP contribution >= 0.6 is 0 Å². The van der Waals surface area contributed by atoms with Crippen molar-refractivity contribution in [1.82, 2.24) is 0 Å². The molecule has 1 atom stereocenters. The number of carbonyl (C=O) groups is 2. The highest BCUT2D eigenvalue weighted by molar-refractivity contribution is 6.51. The van der Waals surface area contributed by atoms with Gasteiger partial charge in [-0.05, 0) is 68.4 Å². The Morgan fingerprint density at radius 2 is 1.56 bits per heavy atom. The molecule has 1 saturated heterocycles. The molecule has 1 aliphatic rings. The molecule has 1 N–H and O–H groups in total. The number of halogens is 4. The minimum absolute atomic E-state index is 0.0573. The molecule has 9 heteroatoms. The van der Waals surface area contributed by atoms with Crippen molar-refractivity contribution in [3.63, 3.8) is 0 Å². The van der Waals surface area contributed by atoms with Gasteiger partial charge in [-0.1, -0.05) is 18.2 Å².